The lowest BCUT2D eigenvalue weighted by Crippen LogP contribution is -1.90. The number of fused-ring (bicyclic) bond motifs is 1. The molecule has 2 heterocycles. The van der Waals surface area contributed by atoms with Crippen LogP contribution in [0.2, 0.25) is 0 Å². The van der Waals surface area contributed by atoms with Gasteiger partial charge in [-0.2, -0.15) is 4.98 Å². The summed E-state index contributed by atoms with van der Waals surface area (Å²) in [7, 11) is 0. The number of imidazole rings is 1. The van der Waals surface area contributed by atoms with Crippen LogP contribution in [0, 0.1) is 0 Å². The lowest BCUT2D eigenvalue weighted by Gasteiger charge is -1.99. The first-order chi connectivity index (χ1) is 10.8. The summed E-state index contributed by atoms with van der Waals surface area (Å²) in [5.74, 6) is 1.10. The van der Waals surface area contributed by atoms with Crippen molar-refractivity contribution in [2.45, 2.75) is 13.5 Å². The molecule has 0 N–H and O–H groups in total. The minimum absolute atomic E-state index is 0.523. The average Bonchev–Trinajstić information content (AvgIpc) is 3.22. The molecule has 0 fully saturated rings. The first-order valence-electron chi connectivity index (χ1n) is 7.19. The first kappa shape index (κ1) is 12.8. The van der Waals surface area contributed by atoms with Crippen molar-refractivity contribution in [1.82, 2.24) is 19.7 Å². The molecule has 0 saturated heterocycles. The van der Waals surface area contributed by atoms with E-state index in [-0.39, 0.29) is 0 Å². The maximum Gasteiger partial charge on any atom is 0.258 e. The standard InChI is InChI=1S/C17H14N4O/c1-2-21-11-18-14-10-13(8-9-15(14)21)16-19-17(22-20-16)12-6-4-3-5-7-12/h3-11H,2H2,1H3. The van der Waals surface area contributed by atoms with Crippen molar-refractivity contribution >= 4 is 11.0 Å². The molecule has 4 aromatic rings. The normalized spacial score (nSPS) is 11.1. The smallest absolute Gasteiger partial charge is 0.258 e. The summed E-state index contributed by atoms with van der Waals surface area (Å²) in [6.45, 7) is 3.00. The average molecular weight is 290 g/mol. The predicted molar refractivity (Wildman–Crippen MR) is 84.1 cm³/mol. The Kier molecular flexibility index (Phi) is 2.96. The van der Waals surface area contributed by atoms with Crippen LogP contribution in [-0.4, -0.2) is 19.7 Å². The summed E-state index contributed by atoms with van der Waals surface area (Å²) in [4.78, 5) is 8.89. The topological polar surface area (TPSA) is 56.7 Å². The van der Waals surface area contributed by atoms with E-state index in [1.54, 1.807) is 0 Å². The molecule has 5 heteroatoms. The molecule has 4 rings (SSSR count). The van der Waals surface area contributed by atoms with Gasteiger partial charge in [-0.3, -0.25) is 0 Å². The van der Waals surface area contributed by atoms with Gasteiger partial charge in [0.1, 0.15) is 0 Å². The Morgan fingerprint density at radius 2 is 1.91 bits per heavy atom. The summed E-state index contributed by atoms with van der Waals surface area (Å²) in [6.07, 6.45) is 1.85. The quantitative estimate of drug-likeness (QED) is 0.576. The van der Waals surface area contributed by atoms with E-state index in [0.717, 1.165) is 28.7 Å². The molecule has 2 aromatic heterocycles. The van der Waals surface area contributed by atoms with Gasteiger partial charge in [0.05, 0.1) is 17.4 Å². The van der Waals surface area contributed by atoms with Gasteiger partial charge in [-0.05, 0) is 37.3 Å². The Morgan fingerprint density at radius 3 is 2.73 bits per heavy atom. The second-order valence-corrected chi connectivity index (χ2v) is 5.02. The summed E-state index contributed by atoms with van der Waals surface area (Å²) >= 11 is 0. The van der Waals surface area contributed by atoms with E-state index in [1.807, 2.05) is 54.9 Å². The number of rotatable bonds is 3. The highest BCUT2D eigenvalue weighted by atomic mass is 16.5. The van der Waals surface area contributed by atoms with Gasteiger partial charge in [0.2, 0.25) is 5.82 Å². The SMILES string of the molecule is CCn1cnc2cc(-c3noc(-c4ccccc4)n3)ccc21. The molecule has 0 unspecified atom stereocenters. The molecule has 108 valence electrons. The lowest BCUT2D eigenvalue weighted by molar-refractivity contribution is 0.432. The molecule has 5 nitrogen and oxygen atoms in total. The molecule has 0 aliphatic carbocycles. The Balaban J connectivity index is 1.75. The van der Waals surface area contributed by atoms with Crippen LogP contribution in [0.25, 0.3) is 33.9 Å². The summed E-state index contributed by atoms with van der Waals surface area (Å²) in [6, 6.07) is 15.8. The van der Waals surface area contributed by atoms with E-state index in [4.69, 9.17) is 4.52 Å². The highest BCUT2D eigenvalue weighted by molar-refractivity contribution is 5.80. The highest BCUT2D eigenvalue weighted by Crippen LogP contribution is 2.24. The third-order valence-corrected chi connectivity index (χ3v) is 3.67. The second-order valence-electron chi connectivity index (χ2n) is 5.02. The van der Waals surface area contributed by atoms with Crippen molar-refractivity contribution in [3.05, 3.63) is 54.9 Å². The second kappa shape index (κ2) is 5.11. The van der Waals surface area contributed by atoms with Crippen molar-refractivity contribution in [3.8, 4) is 22.8 Å². The number of aryl methyl sites for hydroxylation is 1. The minimum atomic E-state index is 0.523. The molecule has 0 amide bonds. The molecule has 2 aromatic carbocycles. The van der Waals surface area contributed by atoms with Crippen LogP contribution in [0.3, 0.4) is 0 Å². The molecule has 0 atom stereocenters. The van der Waals surface area contributed by atoms with Crippen LogP contribution in [0.5, 0.6) is 0 Å². The van der Waals surface area contributed by atoms with E-state index in [2.05, 4.69) is 26.6 Å². The van der Waals surface area contributed by atoms with Crippen LogP contribution in [0.1, 0.15) is 6.92 Å². The third-order valence-electron chi connectivity index (χ3n) is 3.67. The lowest BCUT2D eigenvalue weighted by atomic mass is 10.2. The van der Waals surface area contributed by atoms with Crippen LogP contribution in [0.4, 0.5) is 0 Å². The fourth-order valence-electron chi connectivity index (χ4n) is 2.49. The Labute approximate surface area is 127 Å². The number of aromatic nitrogens is 4. The van der Waals surface area contributed by atoms with Crippen LogP contribution >= 0.6 is 0 Å². The van der Waals surface area contributed by atoms with Gasteiger partial charge in [-0.15, -0.1) is 0 Å². The van der Waals surface area contributed by atoms with E-state index >= 15 is 0 Å². The molecular weight excluding hydrogens is 276 g/mol. The zero-order valence-corrected chi connectivity index (χ0v) is 12.1. The zero-order chi connectivity index (χ0) is 14.9. The van der Waals surface area contributed by atoms with Crippen LogP contribution < -0.4 is 0 Å². The highest BCUT2D eigenvalue weighted by Gasteiger charge is 2.11. The fraction of sp³-hybridized carbons (Fsp3) is 0.118. The molecule has 0 spiro atoms. The van der Waals surface area contributed by atoms with Crippen molar-refractivity contribution in [2.24, 2.45) is 0 Å². The minimum Gasteiger partial charge on any atom is -0.334 e. The fourth-order valence-corrected chi connectivity index (χ4v) is 2.49. The Morgan fingerprint density at radius 1 is 1.05 bits per heavy atom. The van der Waals surface area contributed by atoms with E-state index < -0.39 is 0 Å². The van der Waals surface area contributed by atoms with Crippen molar-refractivity contribution in [2.75, 3.05) is 0 Å². The van der Waals surface area contributed by atoms with Crippen LogP contribution in [-0.2, 0) is 6.54 Å². The maximum absolute atomic E-state index is 5.36. The molecular formula is C17H14N4O. The van der Waals surface area contributed by atoms with Crippen molar-refractivity contribution < 1.29 is 4.52 Å². The van der Waals surface area contributed by atoms with E-state index in [0.29, 0.717) is 11.7 Å². The van der Waals surface area contributed by atoms with Gasteiger partial charge in [0.15, 0.2) is 0 Å². The van der Waals surface area contributed by atoms with Crippen LogP contribution in [0.15, 0.2) is 59.4 Å². The predicted octanol–water partition coefficient (Wildman–Crippen LogP) is 3.77. The number of hydrogen-bond acceptors (Lipinski definition) is 4. The summed E-state index contributed by atoms with van der Waals surface area (Å²) in [5, 5.41) is 4.08. The van der Waals surface area contributed by atoms with Gasteiger partial charge >= 0.3 is 0 Å². The summed E-state index contributed by atoms with van der Waals surface area (Å²) < 4.78 is 7.46. The number of hydrogen-bond donors (Lipinski definition) is 0. The third kappa shape index (κ3) is 2.07. The van der Waals surface area contributed by atoms with Crippen molar-refractivity contribution in [1.29, 1.82) is 0 Å². The number of nitrogens with zero attached hydrogens (tertiary/aromatic N) is 4. The molecule has 22 heavy (non-hydrogen) atoms. The van der Waals surface area contributed by atoms with E-state index in [9.17, 15) is 0 Å². The number of benzene rings is 2. The summed E-state index contributed by atoms with van der Waals surface area (Å²) in [5.41, 5.74) is 3.86. The molecule has 0 radical (unpaired) electrons. The van der Waals surface area contributed by atoms with Gasteiger partial charge in [0, 0.05) is 17.7 Å². The van der Waals surface area contributed by atoms with Gasteiger partial charge in [-0.1, -0.05) is 23.4 Å². The largest absolute Gasteiger partial charge is 0.334 e. The Bertz CT molecular complexity index is 924. The van der Waals surface area contributed by atoms with Gasteiger partial charge < -0.3 is 9.09 Å². The van der Waals surface area contributed by atoms with Gasteiger partial charge in [0.25, 0.3) is 5.89 Å². The molecule has 0 bridgehead atoms. The molecule has 0 saturated carbocycles. The van der Waals surface area contributed by atoms with Crippen molar-refractivity contribution in [3.63, 3.8) is 0 Å². The zero-order valence-electron chi connectivity index (χ0n) is 12.1. The van der Waals surface area contributed by atoms with Gasteiger partial charge in [-0.25, -0.2) is 4.98 Å². The maximum atomic E-state index is 5.36. The molecule has 0 aliphatic rings. The molecule has 0 aliphatic heterocycles. The Hall–Kier alpha value is -2.95. The first-order valence-corrected chi connectivity index (χ1v) is 7.19. The monoisotopic (exact) mass is 290 g/mol. The van der Waals surface area contributed by atoms with E-state index in [1.165, 1.54) is 0 Å².